The van der Waals surface area contributed by atoms with Gasteiger partial charge < -0.3 is 10.2 Å². The molecular formula is C12H10O2Ti. The van der Waals surface area contributed by atoms with Gasteiger partial charge in [0.05, 0.1) is 0 Å². The maximum absolute atomic E-state index is 10.3. The molecule has 0 aliphatic heterocycles. The van der Waals surface area contributed by atoms with Crippen molar-refractivity contribution in [2.75, 3.05) is 0 Å². The van der Waals surface area contributed by atoms with E-state index in [1.54, 1.807) is 24.3 Å². The van der Waals surface area contributed by atoms with E-state index in [1.165, 1.54) is 24.3 Å². The summed E-state index contributed by atoms with van der Waals surface area (Å²) >= 11 is 0. The van der Waals surface area contributed by atoms with Crippen molar-refractivity contribution in [1.82, 2.24) is 0 Å². The van der Waals surface area contributed by atoms with E-state index in [0.29, 0.717) is 0 Å². The van der Waals surface area contributed by atoms with Gasteiger partial charge in [-0.1, -0.05) is 60.7 Å². The second-order valence-corrected chi connectivity index (χ2v) is 2.63. The summed E-state index contributed by atoms with van der Waals surface area (Å²) in [6, 6.07) is 16.7. The number of hydrogen-bond donors (Lipinski definition) is 0. The third-order valence-corrected chi connectivity index (χ3v) is 1.49. The molecule has 0 N–H and O–H groups in total. The molecule has 0 saturated heterocycles. The van der Waals surface area contributed by atoms with Crippen molar-refractivity contribution in [3.63, 3.8) is 0 Å². The van der Waals surface area contributed by atoms with Gasteiger partial charge in [0.25, 0.3) is 0 Å². The fourth-order valence-electron chi connectivity index (χ4n) is 0.841. The number of hydrogen-bond acceptors (Lipinski definition) is 2. The summed E-state index contributed by atoms with van der Waals surface area (Å²) in [5.74, 6) is 0.144. The normalized spacial score (nSPS) is 8.00. The Morgan fingerprint density at radius 2 is 0.800 bits per heavy atom. The minimum atomic E-state index is 0. The summed E-state index contributed by atoms with van der Waals surface area (Å²) < 4.78 is 0. The monoisotopic (exact) mass is 234 g/mol. The smallest absolute Gasteiger partial charge is 0.872 e. The molecule has 15 heavy (non-hydrogen) atoms. The Labute approximate surface area is 104 Å². The molecule has 2 rings (SSSR count). The molecule has 0 amide bonds. The predicted molar refractivity (Wildman–Crippen MR) is 51.8 cm³/mol. The van der Waals surface area contributed by atoms with Gasteiger partial charge in [-0.25, -0.2) is 0 Å². The van der Waals surface area contributed by atoms with Crippen molar-refractivity contribution in [2.45, 2.75) is 0 Å². The zero-order chi connectivity index (χ0) is 10.2. The van der Waals surface area contributed by atoms with E-state index in [-0.39, 0.29) is 33.2 Å². The van der Waals surface area contributed by atoms with Crippen molar-refractivity contribution in [3.05, 3.63) is 60.7 Å². The minimum Gasteiger partial charge on any atom is -0.872 e. The van der Waals surface area contributed by atoms with Crippen LogP contribution in [0.1, 0.15) is 0 Å². The number of rotatable bonds is 0. The molecule has 74 valence electrons. The Hall–Kier alpha value is -1.25. The second kappa shape index (κ2) is 8.09. The van der Waals surface area contributed by atoms with Crippen LogP contribution >= 0.6 is 0 Å². The third-order valence-electron chi connectivity index (χ3n) is 1.49. The van der Waals surface area contributed by atoms with Crippen molar-refractivity contribution in [2.24, 2.45) is 0 Å². The Bertz CT molecular complexity index is 311. The van der Waals surface area contributed by atoms with Gasteiger partial charge in [0.1, 0.15) is 0 Å². The van der Waals surface area contributed by atoms with Crippen LogP contribution in [0.2, 0.25) is 0 Å². The molecule has 0 heterocycles. The van der Waals surface area contributed by atoms with Gasteiger partial charge in [-0.3, -0.25) is 0 Å². The van der Waals surface area contributed by atoms with E-state index >= 15 is 0 Å². The van der Waals surface area contributed by atoms with Gasteiger partial charge in [0, 0.05) is 0 Å². The van der Waals surface area contributed by atoms with Crippen molar-refractivity contribution in [3.8, 4) is 11.5 Å². The summed E-state index contributed by atoms with van der Waals surface area (Å²) in [5.41, 5.74) is 0. The van der Waals surface area contributed by atoms with Crippen LogP contribution in [0.15, 0.2) is 60.7 Å². The minimum absolute atomic E-state index is 0. The van der Waals surface area contributed by atoms with Crippen LogP contribution in [0, 0.1) is 0 Å². The molecule has 0 spiro atoms. The molecule has 0 radical (unpaired) electrons. The van der Waals surface area contributed by atoms with Gasteiger partial charge in [0.2, 0.25) is 0 Å². The molecule has 0 saturated carbocycles. The van der Waals surface area contributed by atoms with Gasteiger partial charge >= 0.3 is 21.7 Å². The van der Waals surface area contributed by atoms with Crippen molar-refractivity contribution < 1.29 is 31.9 Å². The van der Waals surface area contributed by atoms with E-state index in [9.17, 15) is 10.2 Å². The average molecular weight is 234 g/mol. The Morgan fingerprint density at radius 1 is 0.533 bits per heavy atom. The molecule has 0 aromatic heterocycles. The summed E-state index contributed by atoms with van der Waals surface area (Å²) in [6.45, 7) is 0. The van der Waals surface area contributed by atoms with Gasteiger partial charge in [-0.05, 0) is 0 Å². The van der Waals surface area contributed by atoms with Gasteiger partial charge in [0.15, 0.2) is 0 Å². The molecule has 0 atom stereocenters. The first kappa shape index (κ1) is 13.8. The first-order valence-electron chi connectivity index (χ1n) is 4.23. The number of benzene rings is 2. The topological polar surface area (TPSA) is 46.1 Å². The Kier molecular flexibility index (Phi) is 7.42. The van der Waals surface area contributed by atoms with Crippen LogP contribution in [-0.4, -0.2) is 0 Å². The van der Waals surface area contributed by atoms with Crippen LogP contribution in [0.4, 0.5) is 0 Å². The van der Waals surface area contributed by atoms with Crippen LogP contribution in [-0.2, 0) is 21.7 Å². The van der Waals surface area contributed by atoms with Crippen molar-refractivity contribution >= 4 is 0 Å². The largest absolute Gasteiger partial charge is 2.00 e. The zero-order valence-corrected chi connectivity index (χ0v) is 9.65. The average Bonchev–Trinajstić information content (AvgIpc) is 2.21. The fourth-order valence-corrected chi connectivity index (χ4v) is 0.841. The SMILES string of the molecule is [O-]c1ccccc1.[O-]c1ccccc1.[Ti+2]. The van der Waals surface area contributed by atoms with Gasteiger partial charge in [-0.2, -0.15) is 0 Å². The molecule has 3 heteroatoms. The molecule has 0 bridgehead atoms. The first-order chi connectivity index (χ1) is 6.79. The van der Waals surface area contributed by atoms with Crippen molar-refractivity contribution in [1.29, 1.82) is 0 Å². The molecule has 2 aromatic carbocycles. The van der Waals surface area contributed by atoms with E-state index in [2.05, 4.69) is 0 Å². The quantitative estimate of drug-likeness (QED) is 0.648. The molecule has 0 aliphatic rings. The zero-order valence-electron chi connectivity index (χ0n) is 8.09. The van der Waals surface area contributed by atoms with Crippen LogP contribution < -0.4 is 10.2 Å². The maximum atomic E-state index is 10.3. The van der Waals surface area contributed by atoms with E-state index < -0.39 is 0 Å². The molecule has 0 unspecified atom stereocenters. The van der Waals surface area contributed by atoms with Crippen LogP contribution in [0.25, 0.3) is 0 Å². The summed E-state index contributed by atoms with van der Waals surface area (Å²) in [6.07, 6.45) is 0. The molecular weight excluding hydrogens is 224 g/mol. The first-order valence-corrected chi connectivity index (χ1v) is 4.23. The molecule has 2 nitrogen and oxygen atoms in total. The summed E-state index contributed by atoms with van der Waals surface area (Å²) in [4.78, 5) is 0. The molecule has 2 aromatic rings. The third kappa shape index (κ3) is 6.78. The summed E-state index contributed by atoms with van der Waals surface area (Å²) in [7, 11) is 0. The second-order valence-electron chi connectivity index (χ2n) is 2.63. The predicted octanol–water partition coefficient (Wildman–Crippen LogP) is 1.52. The molecule has 0 fully saturated rings. The van der Waals surface area contributed by atoms with Gasteiger partial charge in [-0.15, -0.1) is 11.5 Å². The standard InChI is InChI=1S/2C6H6O.Ti/c2*7-6-4-2-1-3-5-6;/h2*1-5,7H;/q;;+2/p-2. The van der Waals surface area contributed by atoms with E-state index in [4.69, 9.17) is 0 Å². The van der Waals surface area contributed by atoms with E-state index in [1.807, 2.05) is 12.1 Å². The Morgan fingerprint density at radius 3 is 0.933 bits per heavy atom. The van der Waals surface area contributed by atoms with Crippen LogP contribution in [0.3, 0.4) is 0 Å². The number of para-hydroxylation sites is 2. The molecule has 0 aliphatic carbocycles. The fraction of sp³-hybridized carbons (Fsp3) is 0. The Balaban J connectivity index is 0.000000245. The van der Waals surface area contributed by atoms with E-state index in [0.717, 1.165) is 0 Å². The summed E-state index contributed by atoms with van der Waals surface area (Å²) in [5, 5.41) is 20.5. The maximum Gasteiger partial charge on any atom is 2.00 e. The van der Waals surface area contributed by atoms with Crippen LogP contribution in [0.5, 0.6) is 11.5 Å².